The molecule has 0 saturated heterocycles. The third-order valence-electron chi connectivity index (χ3n) is 2.03. The maximum Gasteiger partial charge on any atom is 0.386 e. The van der Waals surface area contributed by atoms with E-state index in [9.17, 15) is 10.1 Å². The minimum absolute atomic E-state index is 0.0669. The Bertz CT molecular complexity index is 339. The van der Waals surface area contributed by atoms with Crippen LogP contribution in [0.25, 0.3) is 0 Å². The van der Waals surface area contributed by atoms with Crippen molar-refractivity contribution in [3.63, 3.8) is 0 Å². The van der Waals surface area contributed by atoms with Crippen molar-refractivity contribution in [3.05, 3.63) is 28.4 Å². The first-order valence-electron chi connectivity index (χ1n) is 4.65. The molecule has 0 fully saturated rings. The second-order valence-electron chi connectivity index (χ2n) is 3.06. The summed E-state index contributed by atoms with van der Waals surface area (Å²) in [4.78, 5) is 13.7. The topological polar surface area (TPSA) is 88.3 Å². The Morgan fingerprint density at radius 1 is 1.73 bits per heavy atom. The zero-order valence-corrected chi connectivity index (χ0v) is 8.38. The molecule has 6 heteroatoms. The van der Waals surface area contributed by atoms with Gasteiger partial charge in [-0.3, -0.25) is 0 Å². The fourth-order valence-electron chi connectivity index (χ4n) is 1.15. The summed E-state index contributed by atoms with van der Waals surface area (Å²) >= 11 is 0. The SMILES string of the molecule is CCC(CO)Nc1cccnc1[N+](=O)[O-]. The summed E-state index contributed by atoms with van der Waals surface area (Å²) in [5, 5.41) is 22.5. The average Bonchev–Trinajstić information content (AvgIpc) is 2.26. The van der Waals surface area contributed by atoms with Crippen LogP contribution in [0.5, 0.6) is 0 Å². The number of pyridine rings is 1. The first kappa shape index (κ1) is 11.4. The van der Waals surface area contributed by atoms with Gasteiger partial charge in [-0.2, -0.15) is 0 Å². The molecule has 0 bridgehead atoms. The van der Waals surface area contributed by atoms with E-state index in [1.165, 1.54) is 6.20 Å². The third-order valence-corrected chi connectivity index (χ3v) is 2.03. The lowest BCUT2D eigenvalue weighted by Gasteiger charge is -2.14. The molecule has 0 aliphatic heterocycles. The lowest BCUT2D eigenvalue weighted by atomic mass is 10.2. The lowest BCUT2D eigenvalue weighted by molar-refractivity contribution is -0.388. The molecule has 0 amide bonds. The van der Waals surface area contributed by atoms with Crippen LogP contribution in [0.4, 0.5) is 11.5 Å². The Morgan fingerprint density at radius 3 is 3.00 bits per heavy atom. The van der Waals surface area contributed by atoms with Crippen molar-refractivity contribution < 1.29 is 10.0 Å². The molecule has 0 aromatic carbocycles. The van der Waals surface area contributed by atoms with Crippen LogP contribution in [0.3, 0.4) is 0 Å². The Kier molecular flexibility index (Phi) is 3.99. The summed E-state index contributed by atoms with van der Waals surface area (Å²) in [6, 6.07) is 3.00. The van der Waals surface area contributed by atoms with Crippen LogP contribution in [0.15, 0.2) is 18.3 Å². The van der Waals surface area contributed by atoms with Gasteiger partial charge in [0.15, 0.2) is 0 Å². The molecule has 2 N–H and O–H groups in total. The van der Waals surface area contributed by atoms with Gasteiger partial charge >= 0.3 is 5.82 Å². The molecule has 0 aliphatic carbocycles. The molecule has 1 aromatic rings. The van der Waals surface area contributed by atoms with Crippen LogP contribution in [0.1, 0.15) is 13.3 Å². The van der Waals surface area contributed by atoms with E-state index in [2.05, 4.69) is 10.3 Å². The summed E-state index contributed by atoms with van der Waals surface area (Å²) in [5.41, 5.74) is 0.336. The van der Waals surface area contributed by atoms with E-state index < -0.39 is 4.92 Å². The summed E-state index contributed by atoms with van der Waals surface area (Å²) in [6.07, 6.45) is 2.05. The molecule has 0 aliphatic rings. The fourth-order valence-corrected chi connectivity index (χ4v) is 1.15. The monoisotopic (exact) mass is 211 g/mol. The standard InChI is InChI=1S/C9H13N3O3/c1-2-7(6-13)11-8-4-3-5-10-9(8)12(14)15/h3-5,7,11,13H,2,6H2,1H3. The number of rotatable bonds is 5. The zero-order chi connectivity index (χ0) is 11.3. The lowest BCUT2D eigenvalue weighted by Crippen LogP contribution is -2.23. The summed E-state index contributed by atoms with van der Waals surface area (Å²) in [6.45, 7) is 1.82. The largest absolute Gasteiger partial charge is 0.394 e. The number of nitrogens with one attached hydrogen (secondary N) is 1. The van der Waals surface area contributed by atoms with Crippen LogP contribution in [-0.2, 0) is 0 Å². The number of hydrogen-bond donors (Lipinski definition) is 2. The van der Waals surface area contributed by atoms with Crippen LogP contribution in [-0.4, -0.2) is 27.7 Å². The van der Waals surface area contributed by atoms with Gasteiger partial charge in [0.1, 0.15) is 11.9 Å². The van der Waals surface area contributed by atoms with Gasteiger partial charge in [-0.1, -0.05) is 6.92 Å². The van der Waals surface area contributed by atoms with Crippen LogP contribution in [0, 0.1) is 10.1 Å². The number of nitro groups is 1. The highest BCUT2D eigenvalue weighted by Gasteiger charge is 2.16. The van der Waals surface area contributed by atoms with Crippen molar-refractivity contribution in [1.82, 2.24) is 4.98 Å². The molecule has 0 spiro atoms. The van der Waals surface area contributed by atoms with E-state index in [-0.39, 0.29) is 18.5 Å². The quantitative estimate of drug-likeness (QED) is 0.563. The highest BCUT2D eigenvalue weighted by Crippen LogP contribution is 2.21. The van der Waals surface area contributed by atoms with Crippen molar-refractivity contribution in [1.29, 1.82) is 0 Å². The van der Waals surface area contributed by atoms with E-state index in [1.807, 2.05) is 6.92 Å². The van der Waals surface area contributed by atoms with Gasteiger partial charge in [0.2, 0.25) is 0 Å². The maximum atomic E-state index is 10.6. The number of aromatic nitrogens is 1. The van der Waals surface area contributed by atoms with Crippen molar-refractivity contribution in [2.45, 2.75) is 19.4 Å². The van der Waals surface area contributed by atoms with Crippen molar-refractivity contribution in [2.24, 2.45) is 0 Å². The molecule has 1 unspecified atom stereocenters. The van der Waals surface area contributed by atoms with E-state index in [4.69, 9.17) is 5.11 Å². The Balaban J connectivity index is 2.88. The molecule has 6 nitrogen and oxygen atoms in total. The predicted octanol–water partition coefficient (Wildman–Crippen LogP) is 1.17. The van der Waals surface area contributed by atoms with E-state index >= 15 is 0 Å². The molecule has 15 heavy (non-hydrogen) atoms. The van der Waals surface area contributed by atoms with Gasteiger partial charge in [0.05, 0.1) is 6.61 Å². The summed E-state index contributed by atoms with van der Waals surface area (Å²) in [5.74, 6) is -0.218. The van der Waals surface area contributed by atoms with Gasteiger partial charge in [-0.05, 0) is 28.5 Å². The molecule has 1 atom stereocenters. The van der Waals surface area contributed by atoms with Crippen molar-refractivity contribution in [3.8, 4) is 0 Å². The molecular formula is C9H13N3O3. The minimum atomic E-state index is -0.549. The van der Waals surface area contributed by atoms with Gasteiger partial charge in [-0.25, -0.2) is 0 Å². The number of aliphatic hydroxyl groups is 1. The fraction of sp³-hybridized carbons (Fsp3) is 0.444. The van der Waals surface area contributed by atoms with Gasteiger partial charge < -0.3 is 20.5 Å². The molecular weight excluding hydrogens is 198 g/mol. The Hall–Kier alpha value is -1.69. The van der Waals surface area contributed by atoms with Gasteiger partial charge in [0.25, 0.3) is 0 Å². The van der Waals surface area contributed by atoms with E-state index in [1.54, 1.807) is 12.1 Å². The minimum Gasteiger partial charge on any atom is -0.394 e. The summed E-state index contributed by atoms with van der Waals surface area (Å²) in [7, 11) is 0. The third kappa shape index (κ3) is 2.88. The molecule has 0 saturated carbocycles. The second kappa shape index (κ2) is 5.26. The number of hydrogen-bond acceptors (Lipinski definition) is 5. The van der Waals surface area contributed by atoms with Gasteiger partial charge in [0, 0.05) is 6.04 Å². The van der Waals surface area contributed by atoms with Crippen LogP contribution in [0.2, 0.25) is 0 Å². The van der Waals surface area contributed by atoms with E-state index in [0.29, 0.717) is 12.1 Å². The number of anilines is 1. The maximum absolute atomic E-state index is 10.6. The highest BCUT2D eigenvalue weighted by molar-refractivity contribution is 5.57. The molecule has 1 rings (SSSR count). The highest BCUT2D eigenvalue weighted by atomic mass is 16.6. The smallest absolute Gasteiger partial charge is 0.386 e. The molecule has 0 radical (unpaired) electrons. The average molecular weight is 211 g/mol. The Labute approximate surface area is 87.1 Å². The molecule has 1 heterocycles. The number of nitrogens with zero attached hydrogens (tertiary/aromatic N) is 2. The first-order chi connectivity index (χ1) is 7.19. The van der Waals surface area contributed by atoms with Crippen molar-refractivity contribution >= 4 is 11.5 Å². The predicted molar refractivity (Wildman–Crippen MR) is 55.7 cm³/mol. The zero-order valence-electron chi connectivity index (χ0n) is 8.38. The second-order valence-corrected chi connectivity index (χ2v) is 3.06. The normalized spacial score (nSPS) is 12.1. The molecule has 82 valence electrons. The van der Waals surface area contributed by atoms with Crippen LogP contribution >= 0.6 is 0 Å². The van der Waals surface area contributed by atoms with Crippen LogP contribution < -0.4 is 5.32 Å². The summed E-state index contributed by atoms with van der Waals surface area (Å²) < 4.78 is 0. The van der Waals surface area contributed by atoms with Gasteiger partial charge in [-0.15, -0.1) is 0 Å². The Morgan fingerprint density at radius 2 is 2.47 bits per heavy atom. The molecule has 1 aromatic heterocycles. The first-order valence-corrected chi connectivity index (χ1v) is 4.65. The van der Waals surface area contributed by atoms with Crippen molar-refractivity contribution in [2.75, 3.05) is 11.9 Å². The van der Waals surface area contributed by atoms with E-state index in [0.717, 1.165) is 0 Å². The number of aliphatic hydroxyl groups excluding tert-OH is 1.